The van der Waals surface area contributed by atoms with Gasteiger partial charge in [-0.1, -0.05) is 38.0 Å². The number of likely N-dealkylation sites (N-methyl/N-ethyl adjacent to an activating group) is 1. The number of aryl methyl sites for hydroxylation is 2. The fourth-order valence-electron chi connectivity index (χ4n) is 4.03. The zero-order valence-electron chi connectivity index (χ0n) is 22.9. The van der Waals surface area contributed by atoms with Crippen LogP contribution < -0.4 is 16.4 Å². The summed E-state index contributed by atoms with van der Waals surface area (Å²) >= 11 is 0. The maximum absolute atomic E-state index is 13.8. The maximum Gasteiger partial charge on any atom is 0.408 e. The minimum atomic E-state index is -1.09. The Kier molecular flexibility index (Phi) is 12.4. The van der Waals surface area contributed by atoms with Gasteiger partial charge in [0.2, 0.25) is 17.7 Å². The zero-order valence-corrected chi connectivity index (χ0v) is 22.9. The Morgan fingerprint density at radius 1 is 1.06 bits per heavy atom. The summed E-state index contributed by atoms with van der Waals surface area (Å²) in [4.78, 5) is 52.8. The quantitative estimate of drug-likeness (QED) is 0.353. The number of primary amides is 1. The number of benzene rings is 1. The van der Waals surface area contributed by atoms with E-state index in [9.17, 15) is 19.2 Å². The fraction of sp³-hybridized carbons (Fsp3) is 0.630. The first-order chi connectivity index (χ1) is 16.8. The van der Waals surface area contributed by atoms with Crippen molar-refractivity contribution in [3.63, 3.8) is 0 Å². The molecular weight excluding hydrogens is 460 g/mol. The lowest BCUT2D eigenvalue weighted by atomic mass is 9.93. The van der Waals surface area contributed by atoms with Crippen LogP contribution >= 0.6 is 0 Å². The average molecular weight is 505 g/mol. The van der Waals surface area contributed by atoms with Gasteiger partial charge in [0.05, 0.1) is 0 Å². The van der Waals surface area contributed by atoms with Gasteiger partial charge in [-0.2, -0.15) is 0 Å². The van der Waals surface area contributed by atoms with Gasteiger partial charge in [-0.15, -0.1) is 0 Å². The molecule has 1 aromatic carbocycles. The van der Waals surface area contributed by atoms with Gasteiger partial charge in [-0.05, 0) is 71.1 Å². The van der Waals surface area contributed by atoms with Crippen LogP contribution in [0.2, 0.25) is 0 Å². The number of nitrogens with two attached hydrogens (primary N) is 1. The van der Waals surface area contributed by atoms with Gasteiger partial charge in [-0.25, -0.2) is 4.79 Å². The molecule has 9 nitrogen and oxygen atoms in total. The highest BCUT2D eigenvalue weighted by molar-refractivity contribution is 5.92. The van der Waals surface area contributed by atoms with Gasteiger partial charge in [0.15, 0.2) is 0 Å². The molecule has 2 unspecified atom stereocenters. The summed E-state index contributed by atoms with van der Waals surface area (Å²) in [5, 5.41) is 5.57. The van der Waals surface area contributed by atoms with Gasteiger partial charge in [-0.3, -0.25) is 14.4 Å². The molecule has 0 heterocycles. The van der Waals surface area contributed by atoms with E-state index in [0.29, 0.717) is 6.54 Å². The van der Waals surface area contributed by atoms with E-state index in [1.165, 1.54) is 4.90 Å². The first-order valence-corrected chi connectivity index (χ1v) is 12.7. The number of carbonyl (C=O) groups excluding carboxylic acids is 4. The van der Waals surface area contributed by atoms with E-state index in [0.717, 1.165) is 36.0 Å². The molecule has 4 N–H and O–H groups in total. The van der Waals surface area contributed by atoms with Gasteiger partial charge in [0.25, 0.3) is 0 Å². The number of hydrogen-bond acceptors (Lipinski definition) is 5. The van der Waals surface area contributed by atoms with E-state index in [2.05, 4.69) is 17.6 Å². The molecular formula is C27H44N4O5. The first-order valence-electron chi connectivity index (χ1n) is 12.7. The second kappa shape index (κ2) is 14.5. The van der Waals surface area contributed by atoms with Crippen LogP contribution in [0.15, 0.2) is 18.2 Å². The lowest BCUT2D eigenvalue weighted by Crippen LogP contribution is -2.53. The first kappa shape index (κ1) is 30.9. The third kappa shape index (κ3) is 9.87. The predicted molar refractivity (Wildman–Crippen MR) is 140 cm³/mol. The van der Waals surface area contributed by atoms with Crippen molar-refractivity contribution in [3.8, 4) is 0 Å². The number of rotatable bonds is 13. The summed E-state index contributed by atoms with van der Waals surface area (Å²) in [5.74, 6) is -1.37. The van der Waals surface area contributed by atoms with Crippen molar-refractivity contribution in [2.24, 2.45) is 5.73 Å². The van der Waals surface area contributed by atoms with Crippen LogP contribution in [0.3, 0.4) is 0 Å². The van der Waals surface area contributed by atoms with Gasteiger partial charge < -0.3 is 26.0 Å². The highest BCUT2D eigenvalue weighted by Gasteiger charge is 2.36. The predicted octanol–water partition coefficient (Wildman–Crippen LogP) is 3.66. The number of amides is 4. The SMILES string of the molecule is CCCCCNC(=O)C(c1c(C)cccc1C)N(CC)C(=O)C(CCC(N)=O)NC(=O)OC(C)(C)C. The Balaban J connectivity index is 3.40. The monoisotopic (exact) mass is 504 g/mol. The third-order valence-corrected chi connectivity index (χ3v) is 5.75. The zero-order chi connectivity index (χ0) is 27.5. The average Bonchev–Trinajstić information content (AvgIpc) is 2.77. The van der Waals surface area contributed by atoms with E-state index in [1.54, 1.807) is 27.7 Å². The van der Waals surface area contributed by atoms with Crippen molar-refractivity contribution in [1.29, 1.82) is 0 Å². The largest absolute Gasteiger partial charge is 0.444 e. The summed E-state index contributed by atoms with van der Waals surface area (Å²) in [7, 11) is 0. The van der Waals surface area contributed by atoms with Crippen LogP contribution in [-0.2, 0) is 19.1 Å². The smallest absolute Gasteiger partial charge is 0.408 e. The molecule has 0 aliphatic heterocycles. The molecule has 4 amide bonds. The van der Waals surface area contributed by atoms with E-state index in [1.807, 2.05) is 32.0 Å². The molecule has 0 bridgehead atoms. The van der Waals surface area contributed by atoms with Crippen LogP contribution in [0.1, 0.15) is 89.5 Å². The topological polar surface area (TPSA) is 131 Å². The van der Waals surface area contributed by atoms with Crippen molar-refractivity contribution in [1.82, 2.24) is 15.5 Å². The highest BCUT2D eigenvalue weighted by Crippen LogP contribution is 2.29. The van der Waals surface area contributed by atoms with Crippen molar-refractivity contribution in [2.45, 2.75) is 98.3 Å². The van der Waals surface area contributed by atoms with E-state index < -0.39 is 35.6 Å². The van der Waals surface area contributed by atoms with Crippen LogP contribution in [-0.4, -0.2) is 53.4 Å². The molecule has 0 aliphatic carbocycles. The van der Waals surface area contributed by atoms with Crippen molar-refractivity contribution >= 4 is 23.8 Å². The van der Waals surface area contributed by atoms with Crippen molar-refractivity contribution in [3.05, 3.63) is 34.9 Å². The maximum atomic E-state index is 13.8. The molecule has 2 atom stereocenters. The van der Waals surface area contributed by atoms with E-state index >= 15 is 0 Å². The Morgan fingerprint density at radius 3 is 2.17 bits per heavy atom. The number of nitrogens with zero attached hydrogens (tertiary/aromatic N) is 1. The summed E-state index contributed by atoms with van der Waals surface area (Å²) in [5.41, 5.74) is 7.05. The van der Waals surface area contributed by atoms with Crippen LogP contribution in [0.4, 0.5) is 4.79 Å². The van der Waals surface area contributed by atoms with Crippen molar-refractivity contribution in [2.75, 3.05) is 13.1 Å². The number of hydrogen-bond donors (Lipinski definition) is 3. The fourth-order valence-corrected chi connectivity index (χ4v) is 4.03. The molecule has 0 spiro atoms. The normalized spacial score (nSPS) is 12.9. The number of ether oxygens (including phenoxy) is 1. The molecule has 0 fully saturated rings. The Hall–Kier alpha value is -3.10. The summed E-state index contributed by atoms with van der Waals surface area (Å²) in [6.07, 6.45) is 1.94. The van der Waals surface area contributed by atoms with Gasteiger partial charge in [0.1, 0.15) is 17.7 Å². The molecule has 9 heteroatoms. The lowest BCUT2D eigenvalue weighted by Gasteiger charge is -2.35. The Labute approximate surface area is 215 Å². The second-order valence-electron chi connectivity index (χ2n) is 10.0. The van der Waals surface area contributed by atoms with Crippen molar-refractivity contribution < 1.29 is 23.9 Å². The minimum Gasteiger partial charge on any atom is -0.444 e. The summed E-state index contributed by atoms with van der Waals surface area (Å²) < 4.78 is 5.33. The molecule has 0 saturated carbocycles. The van der Waals surface area contributed by atoms with Crippen LogP contribution in [0.25, 0.3) is 0 Å². The lowest BCUT2D eigenvalue weighted by molar-refractivity contribution is -0.142. The number of alkyl carbamates (subject to hydrolysis) is 1. The van der Waals surface area contributed by atoms with E-state index in [4.69, 9.17) is 10.5 Å². The van der Waals surface area contributed by atoms with E-state index in [-0.39, 0.29) is 25.3 Å². The van der Waals surface area contributed by atoms with Crippen LogP contribution in [0, 0.1) is 13.8 Å². The second-order valence-corrected chi connectivity index (χ2v) is 10.0. The number of unbranched alkanes of at least 4 members (excludes halogenated alkanes) is 2. The minimum absolute atomic E-state index is 0.0124. The Morgan fingerprint density at radius 2 is 1.67 bits per heavy atom. The summed E-state index contributed by atoms with van der Waals surface area (Å²) in [6, 6.07) is 3.72. The van der Waals surface area contributed by atoms with Gasteiger partial charge >= 0.3 is 6.09 Å². The number of nitrogens with one attached hydrogen (secondary N) is 2. The molecule has 1 aromatic rings. The number of carbonyl (C=O) groups is 4. The molecule has 1 rings (SSSR count). The molecule has 202 valence electrons. The summed E-state index contributed by atoms with van der Waals surface area (Å²) in [6.45, 7) is 13.5. The Bertz CT molecular complexity index is 890. The highest BCUT2D eigenvalue weighted by atomic mass is 16.6. The van der Waals surface area contributed by atoms with Gasteiger partial charge in [0, 0.05) is 19.5 Å². The molecule has 0 aromatic heterocycles. The standard InChI is InChI=1S/C27H44N4O5/c1-8-10-11-17-29-24(33)23(22-18(3)13-12-14-19(22)4)31(9-2)25(34)20(15-16-21(28)32)30-26(35)36-27(5,6)7/h12-14,20,23H,8-11,15-17H2,1-7H3,(H2,28,32)(H,29,33)(H,30,35). The molecule has 36 heavy (non-hydrogen) atoms. The third-order valence-electron chi connectivity index (χ3n) is 5.75. The molecule has 0 saturated heterocycles. The molecule has 0 aliphatic rings. The van der Waals surface area contributed by atoms with Crippen LogP contribution in [0.5, 0.6) is 0 Å². The molecule has 0 radical (unpaired) electrons.